The maximum Gasteiger partial charge on any atom is 0.190 e. The van der Waals surface area contributed by atoms with Crippen LogP contribution in [0.3, 0.4) is 0 Å². The van der Waals surface area contributed by atoms with Crippen molar-refractivity contribution in [1.29, 1.82) is 5.26 Å². The molecule has 0 aliphatic heterocycles. The fraction of sp³-hybridized carbons (Fsp3) is 0.0556. The van der Waals surface area contributed by atoms with Crippen LogP contribution in [0.4, 0.5) is 5.82 Å². The normalized spacial score (nSPS) is 10.4. The Balaban J connectivity index is 1.97. The van der Waals surface area contributed by atoms with Gasteiger partial charge in [0.1, 0.15) is 17.5 Å². The summed E-state index contributed by atoms with van der Waals surface area (Å²) < 4.78 is 0. The summed E-state index contributed by atoms with van der Waals surface area (Å²) in [6, 6.07) is 22.3. The van der Waals surface area contributed by atoms with Crippen LogP contribution in [0, 0.1) is 11.3 Å². The molecule has 0 unspecified atom stereocenters. The predicted octanol–water partition coefficient (Wildman–Crippen LogP) is 3.81. The molecule has 0 aliphatic rings. The molecule has 0 spiro atoms. The number of nitrogens with two attached hydrogens (primary N) is 1. The molecule has 0 saturated carbocycles. The van der Waals surface area contributed by atoms with Gasteiger partial charge in [-0.15, -0.1) is 0 Å². The third kappa shape index (κ3) is 3.50. The van der Waals surface area contributed by atoms with Gasteiger partial charge in [0.25, 0.3) is 0 Å². The molecule has 2 aromatic carbocycles. The molecular formula is C18H14N4S. The van der Waals surface area contributed by atoms with E-state index in [9.17, 15) is 0 Å². The number of nitrogens with zero attached hydrogens (tertiary/aromatic N) is 3. The van der Waals surface area contributed by atoms with E-state index in [0.29, 0.717) is 10.7 Å². The molecule has 112 valence electrons. The van der Waals surface area contributed by atoms with E-state index in [1.807, 2.05) is 42.5 Å². The summed E-state index contributed by atoms with van der Waals surface area (Å²) >= 11 is 1.52. The molecule has 0 fully saturated rings. The van der Waals surface area contributed by atoms with Crippen LogP contribution in [-0.2, 0) is 0 Å². The monoisotopic (exact) mass is 318 g/mol. The number of hydrogen-bond donors (Lipinski definition) is 1. The highest BCUT2D eigenvalue weighted by Gasteiger charge is 2.17. The number of thioether (sulfide) groups is 1. The van der Waals surface area contributed by atoms with Crippen molar-refractivity contribution in [3.63, 3.8) is 0 Å². The van der Waals surface area contributed by atoms with Crippen molar-refractivity contribution in [2.45, 2.75) is 10.4 Å². The number of nitriles is 1. The molecule has 2 N–H and O–H groups in total. The van der Waals surface area contributed by atoms with E-state index in [1.54, 1.807) is 0 Å². The second kappa shape index (κ2) is 6.95. The van der Waals surface area contributed by atoms with Gasteiger partial charge in [-0.05, 0) is 11.1 Å². The first-order valence-corrected chi connectivity index (χ1v) is 7.95. The van der Waals surface area contributed by atoms with E-state index in [1.165, 1.54) is 18.0 Å². The molecule has 23 heavy (non-hydrogen) atoms. The Morgan fingerprint density at radius 3 is 2.00 bits per heavy atom. The first-order chi connectivity index (χ1) is 11.3. The first kappa shape index (κ1) is 15.1. The van der Waals surface area contributed by atoms with Gasteiger partial charge in [0, 0.05) is 0 Å². The minimum Gasteiger partial charge on any atom is -0.382 e. The molecule has 4 nitrogen and oxygen atoms in total. The van der Waals surface area contributed by atoms with Gasteiger partial charge in [-0.3, -0.25) is 0 Å². The van der Waals surface area contributed by atoms with Crippen LogP contribution in [0.15, 0.2) is 72.0 Å². The number of aromatic nitrogens is 2. The Bertz CT molecular complexity index is 789. The van der Waals surface area contributed by atoms with Crippen LogP contribution in [0.25, 0.3) is 0 Å². The van der Waals surface area contributed by atoms with Crippen LogP contribution in [0.2, 0.25) is 0 Å². The predicted molar refractivity (Wildman–Crippen MR) is 91.7 cm³/mol. The Kier molecular flexibility index (Phi) is 4.55. The average molecular weight is 318 g/mol. The van der Waals surface area contributed by atoms with E-state index in [4.69, 9.17) is 11.0 Å². The van der Waals surface area contributed by atoms with Crippen LogP contribution in [-0.4, -0.2) is 9.97 Å². The van der Waals surface area contributed by atoms with E-state index in [0.717, 1.165) is 11.1 Å². The van der Waals surface area contributed by atoms with Gasteiger partial charge < -0.3 is 5.73 Å². The SMILES string of the molecule is N#Cc1cnc(SC(c2ccccc2)c2ccccc2)nc1N. The van der Waals surface area contributed by atoms with Gasteiger partial charge in [0.15, 0.2) is 5.16 Å². The molecule has 0 saturated heterocycles. The van der Waals surface area contributed by atoms with E-state index in [-0.39, 0.29) is 11.1 Å². The molecule has 0 radical (unpaired) electrons. The summed E-state index contributed by atoms with van der Waals surface area (Å²) in [5.41, 5.74) is 8.42. The highest BCUT2D eigenvalue weighted by atomic mass is 32.2. The van der Waals surface area contributed by atoms with Crippen LogP contribution >= 0.6 is 11.8 Å². The molecule has 3 aromatic rings. The lowest BCUT2D eigenvalue weighted by Gasteiger charge is -2.16. The lowest BCUT2D eigenvalue weighted by molar-refractivity contribution is 0.960. The molecule has 0 atom stereocenters. The van der Waals surface area contributed by atoms with Crippen molar-refractivity contribution in [3.8, 4) is 6.07 Å². The van der Waals surface area contributed by atoms with Gasteiger partial charge in [-0.25, -0.2) is 9.97 Å². The highest BCUT2D eigenvalue weighted by molar-refractivity contribution is 7.99. The number of rotatable bonds is 4. The smallest absolute Gasteiger partial charge is 0.190 e. The Hall–Kier alpha value is -2.84. The van der Waals surface area contributed by atoms with E-state index >= 15 is 0 Å². The van der Waals surface area contributed by atoms with Crippen molar-refractivity contribution >= 4 is 17.6 Å². The van der Waals surface area contributed by atoms with Crippen molar-refractivity contribution in [3.05, 3.63) is 83.6 Å². The molecule has 0 bridgehead atoms. The fourth-order valence-corrected chi connectivity index (χ4v) is 3.27. The van der Waals surface area contributed by atoms with Gasteiger partial charge in [-0.2, -0.15) is 5.26 Å². The van der Waals surface area contributed by atoms with Crippen molar-refractivity contribution in [1.82, 2.24) is 9.97 Å². The fourth-order valence-electron chi connectivity index (χ4n) is 2.21. The molecule has 5 heteroatoms. The summed E-state index contributed by atoms with van der Waals surface area (Å²) in [5.74, 6) is 0.213. The standard InChI is InChI=1S/C18H14N4S/c19-11-15-12-21-18(22-17(15)20)23-16(13-7-3-1-4-8-13)14-9-5-2-6-10-14/h1-10,12,16H,(H2,20,21,22). The molecule has 0 aliphatic carbocycles. The summed E-state index contributed by atoms with van der Waals surface area (Å²) in [5, 5.41) is 9.55. The van der Waals surface area contributed by atoms with Crippen molar-refractivity contribution in [2.24, 2.45) is 0 Å². The van der Waals surface area contributed by atoms with Crippen LogP contribution in [0.5, 0.6) is 0 Å². The second-order valence-electron chi connectivity index (χ2n) is 4.88. The highest BCUT2D eigenvalue weighted by Crippen LogP contribution is 2.39. The number of nitrogen functional groups attached to an aromatic ring is 1. The first-order valence-electron chi connectivity index (χ1n) is 7.07. The largest absolute Gasteiger partial charge is 0.382 e. The summed E-state index contributed by atoms with van der Waals surface area (Å²) in [4.78, 5) is 8.49. The Labute approximate surface area is 139 Å². The minimum atomic E-state index is 0.0599. The zero-order chi connectivity index (χ0) is 16.1. The minimum absolute atomic E-state index is 0.0599. The van der Waals surface area contributed by atoms with Gasteiger partial charge in [0.2, 0.25) is 0 Å². The zero-order valence-electron chi connectivity index (χ0n) is 12.3. The number of hydrogen-bond acceptors (Lipinski definition) is 5. The van der Waals surface area contributed by atoms with E-state index in [2.05, 4.69) is 34.2 Å². The summed E-state index contributed by atoms with van der Waals surface area (Å²) in [6.45, 7) is 0. The van der Waals surface area contributed by atoms with Crippen molar-refractivity contribution in [2.75, 3.05) is 5.73 Å². The van der Waals surface area contributed by atoms with Gasteiger partial charge in [0.05, 0.1) is 11.4 Å². The van der Waals surface area contributed by atoms with Gasteiger partial charge >= 0.3 is 0 Å². The Morgan fingerprint density at radius 2 is 1.52 bits per heavy atom. The van der Waals surface area contributed by atoms with E-state index < -0.39 is 0 Å². The number of benzene rings is 2. The lowest BCUT2D eigenvalue weighted by atomic mass is 10.0. The molecular weight excluding hydrogens is 304 g/mol. The summed E-state index contributed by atoms with van der Waals surface area (Å²) in [6.07, 6.45) is 1.47. The van der Waals surface area contributed by atoms with Gasteiger partial charge in [-0.1, -0.05) is 72.4 Å². The molecule has 1 aromatic heterocycles. The maximum absolute atomic E-state index is 8.93. The quantitative estimate of drug-likeness (QED) is 0.585. The lowest BCUT2D eigenvalue weighted by Crippen LogP contribution is -2.02. The van der Waals surface area contributed by atoms with Crippen molar-refractivity contribution < 1.29 is 0 Å². The Morgan fingerprint density at radius 1 is 0.957 bits per heavy atom. The summed E-state index contributed by atoms with van der Waals surface area (Å²) in [7, 11) is 0. The third-order valence-corrected chi connectivity index (χ3v) is 4.53. The van der Waals surface area contributed by atoms with Crippen LogP contribution in [0.1, 0.15) is 21.9 Å². The zero-order valence-corrected chi connectivity index (χ0v) is 13.1. The van der Waals surface area contributed by atoms with Crippen LogP contribution < -0.4 is 5.73 Å². The maximum atomic E-state index is 8.93. The average Bonchev–Trinajstić information content (AvgIpc) is 2.61. The number of anilines is 1. The topological polar surface area (TPSA) is 75.6 Å². The second-order valence-corrected chi connectivity index (χ2v) is 5.95. The third-order valence-electron chi connectivity index (χ3n) is 3.34. The molecule has 0 amide bonds. The molecule has 1 heterocycles. The molecule has 3 rings (SSSR count).